The fraction of sp³-hybridized carbons (Fsp3) is 0.833. The molecule has 0 bridgehead atoms. The quantitative estimate of drug-likeness (QED) is 0.267. The van der Waals surface area contributed by atoms with Crippen molar-refractivity contribution in [3.63, 3.8) is 0 Å². The molecule has 0 aromatic rings. The molecular weight excluding hydrogens is 290 g/mol. The normalized spacial score (nSPS) is 10.2. The van der Waals surface area contributed by atoms with E-state index in [1.807, 2.05) is 0 Å². The van der Waals surface area contributed by atoms with E-state index in [9.17, 15) is 35.1 Å². The van der Waals surface area contributed by atoms with Gasteiger partial charge in [-0.15, -0.1) is 30.3 Å². The highest BCUT2D eigenvalue weighted by Gasteiger charge is 2.44. The zero-order valence-corrected chi connectivity index (χ0v) is 9.95. The van der Waals surface area contributed by atoms with Crippen molar-refractivity contribution in [2.24, 2.45) is 5.41 Å². The molecule has 0 saturated carbocycles. The summed E-state index contributed by atoms with van der Waals surface area (Å²) in [6.45, 7) is -3.27. The summed E-state index contributed by atoms with van der Waals surface area (Å²) in [4.78, 5) is 53.6. The minimum absolute atomic E-state index is 0.863. The molecule has 0 aliphatic heterocycles. The second-order valence-electron chi connectivity index (χ2n) is 3.26. The van der Waals surface area contributed by atoms with E-state index in [0.29, 0.717) is 0 Å². The molecule has 0 spiro atoms. The molecule has 0 aliphatic rings. The lowest BCUT2D eigenvalue weighted by Crippen LogP contribution is -2.46. The van der Waals surface area contributed by atoms with Gasteiger partial charge in [-0.25, -0.2) is 0 Å². The van der Waals surface area contributed by atoms with Gasteiger partial charge in [-0.1, -0.05) is 0 Å². The Morgan fingerprint density at radius 1 is 0.900 bits per heavy atom. The van der Waals surface area contributed by atoms with Gasteiger partial charge in [-0.2, -0.15) is 0 Å². The highest BCUT2D eigenvalue weighted by molar-refractivity contribution is 5.77. The smallest absolute Gasteiger partial charge is 0.317 e. The van der Waals surface area contributed by atoms with Gasteiger partial charge in [0.25, 0.3) is 15.3 Å². The number of hydrogen-bond donors (Lipinski definition) is 0. The van der Waals surface area contributed by atoms with E-state index in [-0.39, 0.29) is 0 Å². The summed E-state index contributed by atoms with van der Waals surface area (Å²) in [6, 6.07) is 0. The predicted octanol–water partition coefficient (Wildman–Crippen LogP) is -1.23. The third-order valence-electron chi connectivity index (χ3n) is 1.96. The molecule has 20 heavy (non-hydrogen) atoms. The zero-order valence-electron chi connectivity index (χ0n) is 9.95. The maximum atomic E-state index is 11.5. The maximum Gasteiger partial charge on any atom is 0.317 e. The predicted molar refractivity (Wildman–Crippen MR) is 53.3 cm³/mol. The van der Waals surface area contributed by atoms with Crippen LogP contribution < -0.4 is 0 Å². The monoisotopic (exact) mass is 299 g/mol. The van der Waals surface area contributed by atoms with E-state index in [2.05, 4.69) is 19.2 Å². The standard InChI is InChI=1S/C6H9N3O11/c1-17-5(10)6(2-18-7(11)12,3-19-8(13)14)4-20-9(15)16/h2-4H2,1H3. The Balaban J connectivity index is 5.13. The van der Waals surface area contributed by atoms with Crippen LogP contribution in [0.4, 0.5) is 0 Å². The SMILES string of the molecule is COC(=O)C(CO[N+](=O)[O-])(CO[N+](=O)[O-])CO[N+](=O)[O-]. The molecule has 0 unspecified atom stereocenters. The molecule has 0 amide bonds. The van der Waals surface area contributed by atoms with Gasteiger partial charge in [-0.3, -0.25) is 4.79 Å². The Kier molecular flexibility index (Phi) is 6.40. The van der Waals surface area contributed by atoms with Crippen molar-refractivity contribution < 1.29 is 39.3 Å². The Bertz CT molecular complexity index is 350. The van der Waals surface area contributed by atoms with Crippen LogP contribution in [0.1, 0.15) is 0 Å². The average Bonchev–Trinajstić information content (AvgIpc) is 2.36. The summed E-state index contributed by atoms with van der Waals surface area (Å²) >= 11 is 0. The van der Waals surface area contributed by atoms with Crippen LogP contribution in [0.3, 0.4) is 0 Å². The molecule has 0 heterocycles. The Morgan fingerprint density at radius 3 is 1.40 bits per heavy atom. The highest BCUT2D eigenvalue weighted by atomic mass is 17.0. The van der Waals surface area contributed by atoms with E-state index in [1.165, 1.54) is 0 Å². The van der Waals surface area contributed by atoms with Crippen LogP contribution in [0.25, 0.3) is 0 Å². The van der Waals surface area contributed by atoms with Crippen LogP contribution >= 0.6 is 0 Å². The lowest BCUT2D eigenvalue weighted by atomic mass is 9.91. The summed E-state index contributed by atoms with van der Waals surface area (Å²) in [5.41, 5.74) is -2.25. The van der Waals surface area contributed by atoms with Crippen LogP contribution in [-0.2, 0) is 24.0 Å². The minimum Gasteiger partial charge on any atom is -0.468 e. The van der Waals surface area contributed by atoms with Crippen molar-refractivity contribution in [1.29, 1.82) is 0 Å². The second kappa shape index (κ2) is 7.49. The van der Waals surface area contributed by atoms with Crippen molar-refractivity contribution in [1.82, 2.24) is 0 Å². The third kappa shape index (κ3) is 5.61. The Morgan fingerprint density at radius 2 is 1.20 bits per heavy atom. The molecule has 14 nitrogen and oxygen atoms in total. The Labute approximate surface area is 109 Å². The molecule has 0 atom stereocenters. The largest absolute Gasteiger partial charge is 0.468 e. The van der Waals surface area contributed by atoms with Crippen molar-refractivity contribution >= 4 is 5.97 Å². The van der Waals surface area contributed by atoms with Crippen molar-refractivity contribution in [2.45, 2.75) is 0 Å². The van der Waals surface area contributed by atoms with Crippen molar-refractivity contribution in [3.05, 3.63) is 30.3 Å². The molecule has 0 fully saturated rings. The topological polar surface area (TPSA) is 183 Å². The van der Waals surface area contributed by atoms with E-state index in [4.69, 9.17) is 0 Å². The fourth-order valence-electron chi connectivity index (χ4n) is 1.05. The lowest BCUT2D eigenvalue weighted by molar-refractivity contribution is -0.780. The second-order valence-corrected chi connectivity index (χ2v) is 3.26. The summed E-state index contributed by atoms with van der Waals surface area (Å²) in [7, 11) is 0.863. The minimum atomic E-state index is -2.25. The number of carbonyl (C=O) groups excluding carboxylic acids is 1. The lowest BCUT2D eigenvalue weighted by Gasteiger charge is -2.27. The van der Waals surface area contributed by atoms with Gasteiger partial charge in [0.15, 0.2) is 0 Å². The van der Waals surface area contributed by atoms with Gasteiger partial charge >= 0.3 is 5.97 Å². The number of esters is 1. The van der Waals surface area contributed by atoms with Gasteiger partial charge in [0.1, 0.15) is 25.2 Å². The number of carbonyl (C=O) groups is 1. The Hall–Kier alpha value is -2.93. The summed E-state index contributed by atoms with van der Waals surface area (Å²) in [5.74, 6) is -1.27. The molecule has 0 aromatic heterocycles. The van der Waals surface area contributed by atoms with E-state index in [1.54, 1.807) is 0 Å². The summed E-state index contributed by atoms with van der Waals surface area (Å²) in [5, 5.41) is 26.5. The fourth-order valence-corrected chi connectivity index (χ4v) is 1.05. The number of hydrogen-bond acceptors (Lipinski definition) is 11. The molecule has 0 rings (SSSR count). The van der Waals surface area contributed by atoms with E-state index in [0.717, 1.165) is 7.11 Å². The maximum absolute atomic E-state index is 11.5. The third-order valence-corrected chi connectivity index (χ3v) is 1.96. The highest BCUT2D eigenvalue weighted by Crippen LogP contribution is 2.22. The van der Waals surface area contributed by atoms with Gasteiger partial charge in [-0.05, 0) is 0 Å². The van der Waals surface area contributed by atoms with Gasteiger partial charge in [0.2, 0.25) is 0 Å². The summed E-state index contributed by atoms with van der Waals surface area (Å²) in [6.07, 6.45) is 0. The molecule has 14 heteroatoms. The van der Waals surface area contributed by atoms with Crippen LogP contribution in [0.2, 0.25) is 0 Å². The number of nitrogens with zero attached hydrogens (tertiary/aromatic N) is 3. The summed E-state index contributed by atoms with van der Waals surface area (Å²) < 4.78 is 4.27. The molecule has 0 radical (unpaired) electrons. The molecular formula is C6H9N3O11. The van der Waals surface area contributed by atoms with Crippen LogP contribution in [0.15, 0.2) is 0 Å². The molecule has 0 aliphatic carbocycles. The number of methoxy groups -OCH3 is 1. The van der Waals surface area contributed by atoms with E-state index >= 15 is 0 Å². The first kappa shape index (κ1) is 17.1. The van der Waals surface area contributed by atoms with Crippen molar-refractivity contribution in [2.75, 3.05) is 26.9 Å². The molecule has 0 saturated heterocycles. The molecule has 0 aromatic carbocycles. The zero-order chi connectivity index (χ0) is 15.8. The van der Waals surface area contributed by atoms with E-state index < -0.39 is 46.5 Å². The van der Waals surface area contributed by atoms with Crippen LogP contribution in [-0.4, -0.2) is 48.2 Å². The first-order valence-corrected chi connectivity index (χ1v) is 4.64. The number of rotatable bonds is 10. The number of ether oxygens (including phenoxy) is 1. The first-order valence-electron chi connectivity index (χ1n) is 4.64. The van der Waals surface area contributed by atoms with Gasteiger partial charge < -0.3 is 19.2 Å². The van der Waals surface area contributed by atoms with Crippen LogP contribution in [0, 0.1) is 35.8 Å². The first-order chi connectivity index (χ1) is 9.23. The van der Waals surface area contributed by atoms with Crippen LogP contribution in [0.5, 0.6) is 0 Å². The van der Waals surface area contributed by atoms with Gasteiger partial charge in [0.05, 0.1) is 7.11 Å². The average molecular weight is 299 g/mol. The molecule has 114 valence electrons. The van der Waals surface area contributed by atoms with Gasteiger partial charge in [0, 0.05) is 0 Å². The molecule has 0 N–H and O–H groups in total. The van der Waals surface area contributed by atoms with Crippen molar-refractivity contribution in [3.8, 4) is 0 Å².